The predicted molar refractivity (Wildman–Crippen MR) is 273 cm³/mol. The van der Waals surface area contributed by atoms with E-state index in [9.17, 15) is 10.2 Å². The predicted octanol–water partition coefficient (Wildman–Crippen LogP) is 16.2. The standard InChI is InChI=1S/C62H42O4/c63-37-39-17-25-47(26-18-39)65-59-31-23-43-33-45(57-35-41-9-1-3-11-49(41)53-13-5-7-15-55(53)57)21-29-51(43)61(59)62-52-30-22-46(34-44(52)24-32-60(62)66-48-27-19-40(38-64)20-28-48)58-36-42-10-2-4-12-50(42)54-14-6-8-16-56(54)58/h1-36,63-64H,37-38H2. The Morgan fingerprint density at radius 3 is 1.06 bits per heavy atom. The van der Waals surface area contributed by atoms with Gasteiger partial charge in [0.1, 0.15) is 23.0 Å². The van der Waals surface area contributed by atoms with Crippen LogP contribution in [0.5, 0.6) is 23.0 Å². The molecule has 0 aliphatic carbocycles. The van der Waals surface area contributed by atoms with E-state index in [-0.39, 0.29) is 13.2 Å². The van der Waals surface area contributed by atoms with Crippen LogP contribution in [0.4, 0.5) is 0 Å². The first-order valence-corrected chi connectivity index (χ1v) is 22.3. The molecular weight excluding hydrogens is 809 g/mol. The molecule has 2 N–H and O–H groups in total. The van der Waals surface area contributed by atoms with E-state index in [1.165, 1.54) is 54.2 Å². The zero-order valence-corrected chi connectivity index (χ0v) is 35.9. The van der Waals surface area contributed by atoms with Crippen molar-refractivity contribution in [2.75, 3.05) is 0 Å². The van der Waals surface area contributed by atoms with Gasteiger partial charge >= 0.3 is 0 Å². The third-order valence-electron chi connectivity index (χ3n) is 13.0. The van der Waals surface area contributed by atoms with Crippen LogP contribution in [-0.4, -0.2) is 10.2 Å². The van der Waals surface area contributed by atoms with E-state index in [4.69, 9.17) is 9.47 Å². The average Bonchev–Trinajstić information content (AvgIpc) is 3.38. The molecule has 0 saturated heterocycles. The molecule has 66 heavy (non-hydrogen) atoms. The molecule has 0 spiro atoms. The van der Waals surface area contributed by atoms with Crippen molar-refractivity contribution >= 4 is 64.6 Å². The molecule has 0 unspecified atom stereocenters. The highest BCUT2D eigenvalue weighted by Gasteiger charge is 2.22. The molecule has 0 fully saturated rings. The van der Waals surface area contributed by atoms with Gasteiger partial charge in [-0.05, 0) is 159 Å². The van der Waals surface area contributed by atoms with E-state index in [0.717, 1.165) is 54.9 Å². The Hall–Kier alpha value is -8.28. The van der Waals surface area contributed by atoms with Gasteiger partial charge in [-0.25, -0.2) is 0 Å². The minimum Gasteiger partial charge on any atom is -0.457 e. The van der Waals surface area contributed by atoms with Gasteiger partial charge < -0.3 is 19.7 Å². The highest BCUT2D eigenvalue weighted by atomic mass is 16.5. The van der Waals surface area contributed by atoms with Gasteiger partial charge in [0.2, 0.25) is 0 Å². The van der Waals surface area contributed by atoms with Gasteiger partial charge in [0.15, 0.2) is 0 Å². The molecule has 0 heterocycles. The number of aliphatic hydroxyl groups excluding tert-OH is 2. The Bertz CT molecular complexity index is 3580. The van der Waals surface area contributed by atoms with Crippen molar-refractivity contribution < 1.29 is 19.7 Å². The zero-order valence-electron chi connectivity index (χ0n) is 35.9. The molecule has 4 nitrogen and oxygen atoms in total. The number of hydrogen-bond acceptors (Lipinski definition) is 4. The van der Waals surface area contributed by atoms with E-state index < -0.39 is 0 Å². The summed E-state index contributed by atoms with van der Waals surface area (Å²) < 4.78 is 13.8. The number of benzene rings is 12. The number of fused-ring (bicyclic) bond motifs is 8. The van der Waals surface area contributed by atoms with E-state index in [2.05, 4.69) is 170 Å². The number of ether oxygens (including phenoxy) is 2. The van der Waals surface area contributed by atoms with Crippen molar-refractivity contribution in [1.29, 1.82) is 0 Å². The largest absolute Gasteiger partial charge is 0.457 e. The molecule has 0 aromatic heterocycles. The van der Waals surface area contributed by atoms with Gasteiger partial charge in [-0.15, -0.1) is 0 Å². The van der Waals surface area contributed by atoms with Gasteiger partial charge in [-0.1, -0.05) is 158 Å². The summed E-state index contributed by atoms with van der Waals surface area (Å²) in [5, 5.41) is 33.5. The molecule has 0 aliphatic heterocycles. The fourth-order valence-corrected chi connectivity index (χ4v) is 9.81. The highest BCUT2D eigenvalue weighted by Crippen LogP contribution is 2.49. The van der Waals surface area contributed by atoms with E-state index in [1.54, 1.807) is 0 Å². The van der Waals surface area contributed by atoms with Crippen molar-refractivity contribution in [1.82, 2.24) is 0 Å². The van der Waals surface area contributed by atoms with Crippen LogP contribution in [-0.2, 0) is 13.2 Å². The molecular formula is C62H42O4. The number of rotatable bonds is 9. The van der Waals surface area contributed by atoms with Crippen molar-refractivity contribution in [3.63, 3.8) is 0 Å². The molecule has 0 bridgehead atoms. The second-order valence-corrected chi connectivity index (χ2v) is 16.9. The second kappa shape index (κ2) is 16.4. The van der Waals surface area contributed by atoms with Crippen molar-refractivity contribution in [3.8, 4) is 56.4 Å². The fraction of sp³-hybridized carbons (Fsp3) is 0.0323. The molecule has 12 aromatic carbocycles. The van der Waals surface area contributed by atoms with Gasteiger partial charge in [0.05, 0.1) is 13.2 Å². The van der Waals surface area contributed by atoms with E-state index in [1.807, 2.05) is 48.5 Å². The van der Waals surface area contributed by atoms with Crippen molar-refractivity contribution in [2.45, 2.75) is 13.2 Å². The third-order valence-corrected chi connectivity index (χ3v) is 13.0. The highest BCUT2D eigenvalue weighted by molar-refractivity contribution is 6.17. The summed E-state index contributed by atoms with van der Waals surface area (Å²) in [6.07, 6.45) is 0. The number of aliphatic hydroxyl groups is 2. The average molecular weight is 851 g/mol. The summed E-state index contributed by atoms with van der Waals surface area (Å²) in [7, 11) is 0. The van der Waals surface area contributed by atoms with Gasteiger partial charge in [-0.2, -0.15) is 0 Å². The molecule has 12 aromatic rings. The molecule has 0 aliphatic rings. The summed E-state index contributed by atoms with van der Waals surface area (Å²) in [4.78, 5) is 0. The number of hydrogen-bond donors (Lipinski definition) is 2. The van der Waals surface area contributed by atoms with Crippen molar-refractivity contribution in [2.24, 2.45) is 0 Å². The summed E-state index contributed by atoms with van der Waals surface area (Å²) in [5.74, 6) is 2.64. The molecule has 0 atom stereocenters. The van der Waals surface area contributed by atoms with Crippen LogP contribution in [0.3, 0.4) is 0 Å². The van der Waals surface area contributed by atoms with Gasteiger partial charge in [-0.3, -0.25) is 0 Å². The molecule has 0 radical (unpaired) electrons. The summed E-state index contributed by atoms with van der Waals surface area (Å²) in [6, 6.07) is 76.2. The lowest BCUT2D eigenvalue weighted by Gasteiger charge is -2.21. The summed E-state index contributed by atoms with van der Waals surface area (Å²) in [5.41, 5.74) is 7.99. The van der Waals surface area contributed by atoms with Gasteiger partial charge in [0, 0.05) is 11.1 Å². The maximum Gasteiger partial charge on any atom is 0.136 e. The minimum atomic E-state index is -0.0523. The topological polar surface area (TPSA) is 58.9 Å². The quantitative estimate of drug-likeness (QED) is 0.142. The Balaban J connectivity index is 1.10. The summed E-state index contributed by atoms with van der Waals surface area (Å²) in [6.45, 7) is -0.105. The SMILES string of the molecule is OCc1ccc(Oc2ccc3cc(-c4cc5ccccc5c5ccccc45)ccc3c2-c2c(Oc3ccc(CO)cc3)ccc3cc(-c4cc5ccccc5c5ccccc45)ccc23)cc1. The Labute approximate surface area is 381 Å². The maximum absolute atomic E-state index is 9.85. The maximum atomic E-state index is 9.85. The Morgan fingerprint density at radius 2 is 0.652 bits per heavy atom. The van der Waals surface area contributed by atoms with Crippen LogP contribution in [0, 0.1) is 0 Å². The lowest BCUT2D eigenvalue weighted by molar-refractivity contribution is 0.281. The normalized spacial score (nSPS) is 11.6. The van der Waals surface area contributed by atoms with Crippen molar-refractivity contribution in [3.05, 3.63) is 230 Å². The van der Waals surface area contributed by atoms with Crippen LogP contribution in [0.2, 0.25) is 0 Å². The smallest absolute Gasteiger partial charge is 0.136 e. The van der Waals surface area contributed by atoms with E-state index in [0.29, 0.717) is 23.0 Å². The first kappa shape index (κ1) is 39.3. The van der Waals surface area contributed by atoms with E-state index >= 15 is 0 Å². The van der Waals surface area contributed by atoms with Crippen LogP contribution in [0.25, 0.3) is 98.0 Å². The summed E-state index contributed by atoms with van der Waals surface area (Å²) >= 11 is 0. The Kier molecular flexibility index (Phi) is 9.75. The van der Waals surface area contributed by atoms with Crippen LogP contribution >= 0.6 is 0 Å². The van der Waals surface area contributed by atoms with Crippen LogP contribution < -0.4 is 9.47 Å². The van der Waals surface area contributed by atoms with Crippen LogP contribution in [0.15, 0.2) is 218 Å². The van der Waals surface area contributed by atoms with Gasteiger partial charge in [0.25, 0.3) is 0 Å². The fourth-order valence-electron chi connectivity index (χ4n) is 9.81. The zero-order chi connectivity index (χ0) is 44.1. The molecule has 12 rings (SSSR count). The molecule has 0 saturated carbocycles. The molecule has 314 valence electrons. The minimum absolute atomic E-state index is 0.0523. The van der Waals surface area contributed by atoms with Crippen LogP contribution in [0.1, 0.15) is 11.1 Å². The first-order valence-electron chi connectivity index (χ1n) is 22.3. The Morgan fingerprint density at radius 1 is 0.288 bits per heavy atom. The monoisotopic (exact) mass is 850 g/mol. The molecule has 0 amide bonds. The third kappa shape index (κ3) is 6.88. The second-order valence-electron chi connectivity index (χ2n) is 16.9. The molecule has 4 heteroatoms. The first-order chi connectivity index (χ1) is 32.6. The lowest BCUT2D eigenvalue weighted by atomic mass is 9.88. The lowest BCUT2D eigenvalue weighted by Crippen LogP contribution is -1.96.